The summed E-state index contributed by atoms with van der Waals surface area (Å²) in [5.74, 6) is 0. The van der Waals surface area contributed by atoms with Gasteiger partial charge in [0.05, 0.1) is 0 Å². The van der Waals surface area contributed by atoms with Crippen molar-refractivity contribution in [3.8, 4) is 0 Å². The quantitative estimate of drug-likeness (QED) is 0.766. The van der Waals surface area contributed by atoms with E-state index in [4.69, 9.17) is 11.5 Å². The lowest BCUT2D eigenvalue weighted by molar-refractivity contribution is 0.976. The van der Waals surface area contributed by atoms with E-state index in [0.29, 0.717) is 13.1 Å². The molecule has 0 atom stereocenters. The van der Waals surface area contributed by atoms with Gasteiger partial charge in [-0.1, -0.05) is 68.3 Å². The SMILES string of the molecule is C=CC=C.C=Cc1ccccc1.NCCN. The van der Waals surface area contributed by atoms with Gasteiger partial charge in [0.25, 0.3) is 0 Å². The summed E-state index contributed by atoms with van der Waals surface area (Å²) in [4.78, 5) is 0. The summed E-state index contributed by atoms with van der Waals surface area (Å²) in [6.45, 7) is 11.5. The van der Waals surface area contributed by atoms with Gasteiger partial charge in [-0.2, -0.15) is 0 Å². The molecule has 16 heavy (non-hydrogen) atoms. The number of hydrogen-bond acceptors (Lipinski definition) is 2. The Bertz CT molecular complexity index is 257. The molecule has 0 saturated heterocycles. The van der Waals surface area contributed by atoms with Crippen molar-refractivity contribution in [1.82, 2.24) is 0 Å². The number of hydrogen-bond donors (Lipinski definition) is 2. The lowest BCUT2D eigenvalue weighted by Crippen LogP contribution is -2.11. The average Bonchev–Trinajstić information content (AvgIpc) is 2.40. The first-order valence-corrected chi connectivity index (χ1v) is 5.07. The molecule has 0 aliphatic rings. The average molecular weight is 218 g/mol. The van der Waals surface area contributed by atoms with Crippen LogP contribution in [0.1, 0.15) is 5.56 Å². The van der Waals surface area contributed by atoms with Gasteiger partial charge >= 0.3 is 0 Å². The Hall–Kier alpha value is -1.64. The van der Waals surface area contributed by atoms with Crippen molar-refractivity contribution in [1.29, 1.82) is 0 Å². The fourth-order valence-corrected chi connectivity index (χ4v) is 0.589. The first-order valence-electron chi connectivity index (χ1n) is 5.07. The van der Waals surface area contributed by atoms with Gasteiger partial charge in [0.15, 0.2) is 0 Å². The molecule has 0 aliphatic heterocycles. The molecule has 88 valence electrons. The van der Waals surface area contributed by atoms with E-state index < -0.39 is 0 Å². The summed E-state index contributed by atoms with van der Waals surface area (Å²) in [5.41, 5.74) is 11.0. The number of nitrogens with two attached hydrogens (primary N) is 2. The molecular weight excluding hydrogens is 196 g/mol. The highest BCUT2D eigenvalue weighted by atomic mass is 14.6. The van der Waals surface area contributed by atoms with E-state index in [1.54, 1.807) is 12.2 Å². The van der Waals surface area contributed by atoms with Crippen LogP contribution in [0, 0.1) is 0 Å². The van der Waals surface area contributed by atoms with Gasteiger partial charge in [-0.3, -0.25) is 0 Å². The Labute approximate surface area is 99.0 Å². The van der Waals surface area contributed by atoms with Gasteiger partial charge in [0.2, 0.25) is 0 Å². The maximum absolute atomic E-state index is 4.90. The van der Waals surface area contributed by atoms with Gasteiger partial charge in [0, 0.05) is 13.1 Å². The zero-order valence-electron chi connectivity index (χ0n) is 9.81. The number of benzene rings is 1. The summed E-state index contributed by atoms with van der Waals surface area (Å²) in [7, 11) is 0. The smallest absolute Gasteiger partial charge is 0.00461 e. The van der Waals surface area contributed by atoms with Crippen molar-refractivity contribution in [2.75, 3.05) is 13.1 Å². The van der Waals surface area contributed by atoms with Gasteiger partial charge < -0.3 is 11.5 Å². The maximum Gasteiger partial charge on any atom is 0.00461 e. The van der Waals surface area contributed by atoms with Crippen LogP contribution in [0.15, 0.2) is 62.2 Å². The molecule has 0 radical (unpaired) electrons. The largest absolute Gasteiger partial charge is 0.329 e. The third kappa shape index (κ3) is 14.9. The highest BCUT2D eigenvalue weighted by Crippen LogP contribution is 1.97. The van der Waals surface area contributed by atoms with Crippen molar-refractivity contribution in [2.24, 2.45) is 11.5 Å². The minimum absolute atomic E-state index is 0.597. The Kier molecular flexibility index (Phi) is 16.6. The lowest BCUT2D eigenvalue weighted by atomic mass is 10.2. The molecule has 0 aliphatic carbocycles. The van der Waals surface area contributed by atoms with Crippen LogP contribution in [-0.4, -0.2) is 13.1 Å². The molecule has 4 N–H and O–H groups in total. The Balaban J connectivity index is 0. The normalized spacial score (nSPS) is 7.38. The molecule has 1 aromatic carbocycles. The summed E-state index contributed by atoms with van der Waals surface area (Å²) in [5, 5.41) is 0. The van der Waals surface area contributed by atoms with Gasteiger partial charge in [0.1, 0.15) is 0 Å². The molecule has 1 rings (SSSR count). The fourth-order valence-electron chi connectivity index (χ4n) is 0.589. The molecule has 0 amide bonds. The van der Waals surface area contributed by atoms with Crippen LogP contribution in [-0.2, 0) is 0 Å². The third-order valence-corrected chi connectivity index (χ3v) is 1.37. The zero-order valence-corrected chi connectivity index (χ0v) is 9.81. The van der Waals surface area contributed by atoms with Gasteiger partial charge in [-0.25, -0.2) is 0 Å². The molecule has 0 spiro atoms. The van der Waals surface area contributed by atoms with Crippen LogP contribution in [0.3, 0.4) is 0 Å². The molecule has 0 unspecified atom stereocenters. The van der Waals surface area contributed by atoms with Crippen molar-refractivity contribution in [3.63, 3.8) is 0 Å². The van der Waals surface area contributed by atoms with Gasteiger partial charge in [-0.15, -0.1) is 0 Å². The second-order valence-corrected chi connectivity index (χ2v) is 2.66. The van der Waals surface area contributed by atoms with E-state index in [-0.39, 0.29) is 0 Å². The van der Waals surface area contributed by atoms with Crippen molar-refractivity contribution < 1.29 is 0 Å². The maximum atomic E-state index is 4.90. The monoisotopic (exact) mass is 218 g/mol. The Morgan fingerprint density at radius 1 is 0.875 bits per heavy atom. The molecule has 0 aromatic heterocycles. The third-order valence-electron chi connectivity index (χ3n) is 1.37. The second kappa shape index (κ2) is 15.8. The van der Waals surface area contributed by atoms with Crippen molar-refractivity contribution in [2.45, 2.75) is 0 Å². The topological polar surface area (TPSA) is 52.0 Å². The Morgan fingerprint density at radius 3 is 1.50 bits per heavy atom. The first-order chi connectivity index (χ1) is 7.76. The summed E-state index contributed by atoms with van der Waals surface area (Å²) < 4.78 is 0. The van der Waals surface area contributed by atoms with E-state index in [2.05, 4.69) is 19.7 Å². The fraction of sp³-hybridized carbons (Fsp3) is 0.143. The van der Waals surface area contributed by atoms with Crippen LogP contribution < -0.4 is 11.5 Å². The van der Waals surface area contributed by atoms with Crippen molar-refractivity contribution in [3.05, 3.63) is 67.8 Å². The predicted molar refractivity (Wildman–Crippen MR) is 75.0 cm³/mol. The van der Waals surface area contributed by atoms with E-state index >= 15 is 0 Å². The van der Waals surface area contributed by atoms with Gasteiger partial charge in [-0.05, 0) is 5.56 Å². The summed E-state index contributed by atoms with van der Waals surface area (Å²) >= 11 is 0. The van der Waals surface area contributed by atoms with E-state index in [9.17, 15) is 0 Å². The number of rotatable bonds is 3. The van der Waals surface area contributed by atoms with Crippen LogP contribution in [0.2, 0.25) is 0 Å². The lowest BCUT2D eigenvalue weighted by Gasteiger charge is -1.85. The van der Waals surface area contributed by atoms with E-state index in [1.165, 1.54) is 5.56 Å². The van der Waals surface area contributed by atoms with Crippen LogP contribution in [0.5, 0.6) is 0 Å². The van der Waals surface area contributed by atoms with Crippen molar-refractivity contribution >= 4 is 6.08 Å². The highest BCUT2D eigenvalue weighted by molar-refractivity contribution is 5.45. The molecule has 1 aromatic rings. The first kappa shape index (κ1) is 16.8. The van der Waals surface area contributed by atoms with E-state index in [0.717, 1.165) is 0 Å². The van der Waals surface area contributed by atoms with E-state index in [1.807, 2.05) is 36.4 Å². The predicted octanol–water partition coefficient (Wildman–Crippen LogP) is 2.59. The molecule has 2 heteroatoms. The minimum atomic E-state index is 0.597. The van der Waals surface area contributed by atoms with Crippen LogP contribution in [0.4, 0.5) is 0 Å². The van der Waals surface area contributed by atoms with Crippen LogP contribution >= 0.6 is 0 Å². The molecular formula is C14H22N2. The van der Waals surface area contributed by atoms with Crippen LogP contribution in [0.25, 0.3) is 6.08 Å². The summed E-state index contributed by atoms with van der Waals surface area (Å²) in [6, 6.07) is 10.0. The zero-order chi connectivity index (χ0) is 12.6. The molecule has 0 bridgehead atoms. The second-order valence-electron chi connectivity index (χ2n) is 2.66. The Morgan fingerprint density at radius 2 is 1.31 bits per heavy atom. The molecule has 0 saturated carbocycles. The molecule has 2 nitrogen and oxygen atoms in total. The summed E-state index contributed by atoms with van der Waals surface area (Å²) in [6.07, 6.45) is 5.11. The molecule has 0 fully saturated rings. The standard InChI is InChI=1S/C8H8.C4H6.C2H8N2/c1-2-8-6-4-3-5-7-8;1-3-4-2;3-1-2-4/h2-7H,1H2;3-4H,1-2H2;1-4H2. The minimum Gasteiger partial charge on any atom is -0.329 e. The number of allylic oxidation sites excluding steroid dienone is 2. The molecule has 0 heterocycles. The highest BCUT2D eigenvalue weighted by Gasteiger charge is 1.75.